The van der Waals surface area contributed by atoms with Gasteiger partial charge in [0.2, 0.25) is 17.8 Å². The number of nitro groups is 1. The largest absolute Gasteiger partial charge is 0.508 e. The summed E-state index contributed by atoms with van der Waals surface area (Å²) in [6.45, 7) is 0.406. The molecule has 17 nitrogen and oxygen atoms in total. The summed E-state index contributed by atoms with van der Waals surface area (Å²) in [4.78, 5) is 89.0. The van der Waals surface area contributed by atoms with Crippen molar-refractivity contribution in [2.75, 3.05) is 42.6 Å². The van der Waals surface area contributed by atoms with E-state index in [9.17, 15) is 25.1 Å². The van der Waals surface area contributed by atoms with Crippen molar-refractivity contribution >= 4 is 41.2 Å². The van der Waals surface area contributed by atoms with E-state index in [1.165, 1.54) is 36.4 Å². The van der Waals surface area contributed by atoms with Gasteiger partial charge in [0.15, 0.2) is 0 Å². The molecule has 17 heteroatoms. The Kier molecular flexibility index (Phi) is 12.2. The lowest BCUT2D eigenvalue weighted by Crippen LogP contribution is -2.59. The van der Waals surface area contributed by atoms with Gasteiger partial charge in [-0.2, -0.15) is 0 Å². The number of hydrogen-bond acceptors (Lipinski definition) is 14. The van der Waals surface area contributed by atoms with Gasteiger partial charge in [-0.25, -0.2) is 19.7 Å². The van der Waals surface area contributed by atoms with Gasteiger partial charge in [0.25, 0.3) is 5.69 Å². The number of aromatic hydroxyl groups is 1. The highest BCUT2D eigenvalue weighted by molar-refractivity contribution is 6.23. The molecule has 70 heavy (non-hydrogen) atoms. The molecule has 5 heterocycles. The number of amides is 3. The number of phenolic OH excluding ortho intramolecular Hbond substituents is 1. The number of morpholine rings is 1. The molecule has 4 aliphatic heterocycles. The molecule has 6 atom stereocenters. The molecule has 352 valence electrons. The molecule has 1 aromatic heterocycles. The number of aromatic nitrogens is 2. The number of aliphatic hydroxyl groups is 1. The maximum Gasteiger partial charge on any atom is 0.421 e. The second-order valence-corrected chi connectivity index (χ2v) is 17.3. The minimum atomic E-state index is -2.10. The molecular formula is C53H45N7O10. The number of fused-ring (bicyclic) bond motifs is 3. The molecule has 10 rings (SSSR count). The number of aliphatic hydroxyl groups excluding tert-OH is 1. The van der Waals surface area contributed by atoms with Crippen LogP contribution in [-0.2, 0) is 35.9 Å². The van der Waals surface area contributed by atoms with E-state index in [-0.39, 0.29) is 55.4 Å². The standard InChI is InChI=1S/C53H45N7O10/c61-31-8-7-10-34-17-24-42-41(32-34)53(50(65)58(42)52(66)69-33-35-15-20-39(21-16-35)60(67)68)43(48(63)56-27-29-57(30-28-56)51-54-25-9-26-55-51)45-49(64)70-46(37-13-5-2-6-14-37)44(36-11-3-1-4-12-36)59(45)47(53)38-18-22-40(62)23-19-38/h1-6,9,11-26,32,43-47,61-62H,8,27-31,33H2/t43-,44-,45-,46+,47+,53-/m1/s1. The Bertz CT molecular complexity index is 3020. The fourth-order valence-corrected chi connectivity index (χ4v) is 10.5. The number of non-ortho nitro benzene ring substituents is 1. The molecule has 0 unspecified atom stereocenters. The van der Waals surface area contributed by atoms with E-state index in [2.05, 4.69) is 21.8 Å². The summed E-state index contributed by atoms with van der Waals surface area (Å²) in [6.07, 6.45) is 1.36. The Morgan fingerprint density at radius 2 is 1.49 bits per heavy atom. The van der Waals surface area contributed by atoms with Gasteiger partial charge in [-0.15, -0.1) is 0 Å². The molecule has 4 aliphatic rings. The first-order valence-electron chi connectivity index (χ1n) is 22.8. The highest BCUT2D eigenvalue weighted by Gasteiger charge is 2.76. The summed E-state index contributed by atoms with van der Waals surface area (Å²) < 4.78 is 12.4. The van der Waals surface area contributed by atoms with Gasteiger partial charge in [0.1, 0.15) is 29.9 Å². The predicted molar refractivity (Wildman–Crippen MR) is 253 cm³/mol. The number of phenols is 1. The van der Waals surface area contributed by atoms with Crippen molar-refractivity contribution in [1.29, 1.82) is 0 Å². The number of benzene rings is 5. The minimum Gasteiger partial charge on any atom is -0.508 e. The molecule has 3 amide bonds. The predicted octanol–water partition coefficient (Wildman–Crippen LogP) is 6.18. The van der Waals surface area contributed by atoms with Gasteiger partial charge < -0.3 is 29.5 Å². The second-order valence-electron chi connectivity index (χ2n) is 17.3. The molecule has 0 aliphatic carbocycles. The number of piperazine rings is 1. The van der Waals surface area contributed by atoms with Crippen LogP contribution in [-0.4, -0.2) is 97.6 Å². The van der Waals surface area contributed by atoms with Crippen molar-refractivity contribution in [3.05, 3.63) is 189 Å². The van der Waals surface area contributed by atoms with E-state index in [0.717, 1.165) is 4.90 Å². The summed E-state index contributed by atoms with van der Waals surface area (Å²) >= 11 is 0. The van der Waals surface area contributed by atoms with Crippen LogP contribution in [0.25, 0.3) is 0 Å². The van der Waals surface area contributed by atoms with Gasteiger partial charge in [-0.3, -0.25) is 29.4 Å². The summed E-state index contributed by atoms with van der Waals surface area (Å²) in [6, 6.07) is 33.4. The molecule has 0 bridgehead atoms. The lowest BCUT2D eigenvalue weighted by Gasteiger charge is -2.46. The number of carbonyl (C=O) groups excluding carboxylic acids is 4. The number of nitrogens with zero attached hydrogens (tertiary/aromatic N) is 7. The number of cyclic esters (lactones) is 1. The van der Waals surface area contributed by atoms with Crippen LogP contribution in [0.15, 0.2) is 146 Å². The van der Waals surface area contributed by atoms with Crippen molar-refractivity contribution in [2.45, 2.75) is 42.7 Å². The zero-order chi connectivity index (χ0) is 48.5. The monoisotopic (exact) mass is 939 g/mol. The second kappa shape index (κ2) is 18.9. The highest BCUT2D eigenvalue weighted by atomic mass is 16.6. The molecule has 3 saturated heterocycles. The zero-order valence-electron chi connectivity index (χ0n) is 37.5. The molecule has 0 saturated carbocycles. The Morgan fingerprint density at radius 3 is 2.14 bits per heavy atom. The molecular weight excluding hydrogens is 895 g/mol. The third-order valence-electron chi connectivity index (χ3n) is 13.5. The third-order valence-corrected chi connectivity index (χ3v) is 13.5. The molecule has 3 fully saturated rings. The molecule has 1 spiro atoms. The molecule has 6 aromatic rings. The quantitative estimate of drug-likeness (QED) is 0.0719. The number of esters is 1. The number of nitro benzene ring substituents is 1. The first-order chi connectivity index (χ1) is 34.1. The Morgan fingerprint density at radius 1 is 0.814 bits per heavy atom. The lowest BCUT2D eigenvalue weighted by atomic mass is 9.65. The summed E-state index contributed by atoms with van der Waals surface area (Å²) in [5.41, 5.74) is 0.671. The smallest absolute Gasteiger partial charge is 0.421 e. The van der Waals surface area contributed by atoms with E-state index >= 15 is 14.4 Å². The number of imide groups is 1. The Hall–Kier alpha value is -8.46. The fourth-order valence-electron chi connectivity index (χ4n) is 10.5. The van der Waals surface area contributed by atoms with Crippen molar-refractivity contribution in [3.8, 4) is 17.6 Å². The SMILES string of the molecule is O=C1O[C@@H](c2ccccc2)[C@@H](c2ccccc2)N2[C@@H](c3ccc(O)cc3)[C@]3(C(=O)N(C(=O)OCc4ccc([N+](=O)[O-])cc4)c4ccc(C#CCCO)cc43)[C@@H](C(=O)N3CCN(c4ncccn4)CC3)[C@H]12. The van der Waals surface area contributed by atoms with Crippen LogP contribution >= 0.6 is 0 Å². The van der Waals surface area contributed by atoms with Crippen LogP contribution in [0.5, 0.6) is 5.75 Å². The van der Waals surface area contributed by atoms with E-state index < -0.39 is 64.4 Å². The first-order valence-corrected chi connectivity index (χ1v) is 22.8. The van der Waals surface area contributed by atoms with Gasteiger partial charge in [-0.05, 0) is 76.3 Å². The average molecular weight is 940 g/mol. The minimum absolute atomic E-state index is 0.0730. The van der Waals surface area contributed by atoms with Crippen molar-refractivity contribution in [1.82, 2.24) is 19.8 Å². The average Bonchev–Trinajstić information content (AvgIpc) is 3.85. The fraction of sp³-hybridized carbons (Fsp3) is 0.245. The molecule has 2 N–H and O–H groups in total. The van der Waals surface area contributed by atoms with Crippen molar-refractivity contribution < 1.29 is 43.8 Å². The number of anilines is 2. The van der Waals surface area contributed by atoms with Crippen LogP contribution in [0.4, 0.5) is 22.1 Å². The topological polar surface area (TPSA) is 209 Å². The van der Waals surface area contributed by atoms with E-state index in [0.29, 0.717) is 46.9 Å². The Labute approximate surface area is 401 Å². The van der Waals surface area contributed by atoms with E-state index in [1.807, 2.05) is 70.5 Å². The highest BCUT2D eigenvalue weighted by Crippen LogP contribution is 2.66. The zero-order valence-corrected chi connectivity index (χ0v) is 37.5. The van der Waals surface area contributed by atoms with Crippen molar-refractivity contribution in [2.24, 2.45) is 5.92 Å². The van der Waals surface area contributed by atoms with E-state index in [4.69, 9.17) is 9.47 Å². The lowest BCUT2D eigenvalue weighted by molar-refractivity contribution is -0.384. The summed E-state index contributed by atoms with van der Waals surface area (Å²) in [7, 11) is 0. The first kappa shape index (κ1) is 45.3. The molecule has 0 radical (unpaired) electrons. The van der Waals surface area contributed by atoms with Crippen LogP contribution in [0, 0.1) is 27.9 Å². The number of ether oxygens (including phenoxy) is 2. The van der Waals surface area contributed by atoms with Gasteiger partial charge in [0, 0.05) is 62.7 Å². The van der Waals surface area contributed by atoms with E-state index in [1.54, 1.807) is 53.7 Å². The summed E-state index contributed by atoms with van der Waals surface area (Å²) in [5, 5.41) is 31.8. The number of rotatable bonds is 9. The maximum atomic E-state index is 16.5. The number of carbonyl (C=O) groups is 4. The van der Waals surface area contributed by atoms with Crippen LogP contribution in [0.2, 0.25) is 0 Å². The van der Waals surface area contributed by atoms with Crippen LogP contribution in [0.3, 0.4) is 0 Å². The number of hydrogen-bond donors (Lipinski definition) is 2. The van der Waals surface area contributed by atoms with Crippen molar-refractivity contribution in [3.63, 3.8) is 0 Å². The van der Waals surface area contributed by atoms with Gasteiger partial charge >= 0.3 is 12.1 Å². The van der Waals surface area contributed by atoms with Gasteiger partial charge in [-0.1, -0.05) is 84.6 Å². The van der Waals surface area contributed by atoms with Crippen LogP contribution in [0.1, 0.15) is 58.0 Å². The third kappa shape index (κ3) is 7.92. The molecule has 5 aromatic carbocycles. The summed E-state index contributed by atoms with van der Waals surface area (Å²) in [5.74, 6) is 2.72. The van der Waals surface area contributed by atoms with Crippen LogP contribution < -0.4 is 9.80 Å². The normalized spacial score (nSPS) is 22.7. The Balaban J connectivity index is 1.20. The van der Waals surface area contributed by atoms with Gasteiger partial charge in [0.05, 0.1) is 35.2 Å². The maximum absolute atomic E-state index is 16.5.